The zero-order valence-corrected chi connectivity index (χ0v) is 18.5. The van der Waals surface area contributed by atoms with Crippen LogP contribution in [-0.4, -0.2) is 41.8 Å². The first-order valence-electron chi connectivity index (χ1n) is 10.4. The van der Waals surface area contributed by atoms with Crippen LogP contribution in [0.3, 0.4) is 0 Å². The molecule has 0 spiro atoms. The minimum Gasteiger partial charge on any atom is -0.481 e. The molecule has 1 aromatic carbocycles. The number of carboxylic acid groups (broad SMARTS) is 1. The fourth-order valence-electron chi connectivity index (χ4n) is 4.62. The maximum absolute atomic E-state index is 13.2. The molecule has 2 aromatic rings. The third kappa shape index (κ3) is 3.85. The molecule has 4 rings (SSSR count). The van der Waals surface area contributed by atoms with Crippen molar-refractivity contribution in [1.29, 1.82) is 0 Å². The maximum atomic E-state index is 13.2. The van der Waals surface area contributed by atoms with Crippen molar-refractivity contribution in [3.63, 3.8) is 0 Å². The van der Waals surface area contributed by atoms with Gasteiger partial charge in [0.15, 0.2) is 0 Å². The lowest BCUT2D eigenvalue weighted by atomic mass is 9.78. The number of amides is 1. The number of benzene rings is 1. The molecule has 8 heteroatoms. The van der Waals surface area contributed by atoms with Gasteiger partial charge in [0, 0.05) is 10.4 Å². The number of thiophene rings is 1. The second kappa shape index (κ2) is 8.43. The molecule has 1 amide bonds. The van der Waals surface area contributed by atoms with Crippen molar-refractivity contribution < 1.29 is 29.0 Å². The highest BCUT2D eigenvalue weighted by Crippen LogP contribution is 2.45. The van der Waals surface area contributed by atoms with Crippen LogP contribution >= 0.6 is 11.3 Å². The number of carbonyl (C=O) groups is 3. The quantitative estimate of drug-likeness (QED) is 0.654. The van der Waals surface area contributed by atoms with E-state index < -0.39 is 41.9 Å². The third-order valence-corrected chi connectivity index (χ3v) is 7.02. The van der Waals surface area contributed by atoms with E-state index in [1.54, 1.807) is 6.92 Å². The number of nitrogens with one attached hydrogen (secondary N) is 1. The molecule has 3 heterocycles. The molecule has 0 radical (unpaired) electrons. The van der Waals surface area contributed by atoms with Crippen molar-refractivity contribution >= 4 is 34.2 Å². The number of aryl methyl sites for hydroxylation is 2. The molecule has 164 valence electrons. The fraction of sp³-hybridized carbons (Fsp3) is 0.435. The molecule has 2 saturated heterocycles. The SMILES string of the molecule is CCOC(=O)c1c(NC(=O)[C@H]2[C@H](C(=O)O)[C@H]3CC[C@H]2O3)sc(C)c1-c1ccc(C)cc1. The summed E-state index contributed by atoms with van der Waals surface area (Å²) in [6.07, 6.45) is 0.468. The van der Waals surface area contributed by atoms with E-state index in [1.165, 1.54) is 11.3 Å². The van der Waals surface area contributed by atoms with Gasteiger partial charge in [-0.1, -0.05) is 29.8 Å². The first-order valence-corrected chi connectivity index (χ1v) is 11.2. The standard InChI is InChI=1S/C23H25NO6S/c1-4-29-23(28)19-16(13-7-5-11(2)6-8-13)12(3)31-21(19)24-20(25)17-14-9-10-15(30-14)18(17)22(26)27/h5-8,14-15,17-18H,4,9-10H2,1-3H3,(H,24,25)(H,26,27)/t14-,15-,17-,18-/m1/s1. The summed E-state index contributed by atoms with van der Waals surface area (Å²) in [6.45, 7) is 5.80. The van der Waals surface area contributed by atoms with Crippen LogP contribution in [0.15, 0.2) is 24.3 Å². The number of fused-ring (bicyclic) bond motifs is 2. The predicted octanol–water partition coefficient (Wildman–Crippen LogP) is 4.03. The lowest BCUT2D eigenvalue weighted by Gasteiger charge is -2.23. The van der Waals surface area contributed by atoms with Crippen molar-refractivity contribution in [3.05, 3.63) is 40.3 Å². The molecule has 7 nitrogen and oxygen atoms in total. The Hall–Kier alpha value is -2.71. The monoisotopic (exact) mass is 443 g/mol. The Morgan fingerprint density at radius 3 is 2.39 bits per heavy atom. The number of carboxylic acids is 1. The van der Waals surface area contributed by atoms with Crippen molar-refractivity contribution in [2.75, 3.05) is 11.9 Å². The summed E-state index contributed by atoms with van der Waals surface area (Å²) in [6, 6.07) is 7.79. The normalized spacial score (nSPS) is 24.2. The summed E-state index contributed by atoms with van der Waals surface area (Å²) in [5, 5.41) is 12.8. The van der Waals surface area contributed by atoms with E-state index in [4.69, 9.17) is 9.47 Å². The zero-order chi connectivity index (χ0) is 22.3. The molecule has 2 fully saturated rings. The minimum atomic E-state index is -1.03. The number of ether oxygens (including phenoxy) is 2. The molecular formula is C23H25NO6S. The molecule has 2 aliphatic rings. The Morgan fingerprint density at radius 1 is 1.13 bits per heavy atom. The van der Waals surface area contributed by atoms with Crippen LogP contribution in [0.25, 0.3) is 11.1 Å². The summed E-state index contributed by atoms with van der Waals surface area (Å²) in [5.41, 5.74) is 2.98. The van der Waals surface area contributed by atoms with Crippen LogP contribution in [0.4, 0.5) is 5.00 Å². The molecule has 0 aliphatic carbocycles. The number of anilines is 1. The lowest BCUT2D eigenvalue weighted by Crippen LogP contribution is -2.41. The Bertz CT molecular complexity index is 1030. The molecule has 2 aliphatic heterocycles. The average Bonchev–Trinajstić information content (AvgIpc) is 3.41. The smallest absolute Gasteiger partial charge is 0.341 e. The fourth-order valence-corrected chi connectivity index (χ4v) is 5.69. The predicted molar refractivity (Wildman–Crippen MR) is 116 cm³/mol. The number of esters is 1. The second-order valence-electron chi connectivity index (χ2n) is 7.99. The van der Waals surface area contributed by atoms with Gasteiger partial charge < -0.3 is 19.9 Å². The van der Waals surface area contributed by atoms with Crippen LogP contribution in [0.1, 0.15) is 40.6 Å². The van der Waals surface area contributed by atoms with Crippen LogP contribution < -0.4 is 5.32 Å². The maximum Gasteiger partial charge on any atom is 0.341 e. The second-order valence-corrected chi connectivity index (χ2v) is 9.22. The Labute approximate surface area is 184 Å². The number of carbonyl (C=O) groups excluding carboxylic acids is 2. The van der Waals surface area contributed by atoms with Gasteiger partial charge in [-0.15, -0.1) is 11.3 Å². The van der Waals surface area contributed by atoms with Gasteiger partial charge in [-0.25, -0.2) is 4.79 Å². The third-order valence-electron chi connectivity index (χ3n) is 6.00. The summed E-state index contributed by atoms with van der Waals surface area (Å²) < 4.78 is 11.0. The van der Waals surface area contributed by atoms with Gasteiger partial charge in [-0.05, 0) is 39.2 Å². The van der Waals surface area contributed by atoms with E-state index in [0.29, 0.717) is 23.4 Å². The van der Waals surface area contributed by atoms with Crippen molar-refractivity contribution in [1.82, 2.24) is 0 Å². The van der Waals surface area contributed by atoms with Crippen LogP contribution in [-0.2, 0) is 19.1 Å². The zero-order valence-electron chi connectivity index (χ0n) is 17.6. The highest BCUT2D eigenvalue weighted by atomic mass is 32.1. The van der Waals surface area contributed by atoms with Crippen molar-refractivity contribution in [2.24, 2.45) is 11.8 Å². The first-order chi connectivity index (χ1) is 14.8. The van der Waals surface area contributed by atoms with Crippen molar-refractivity contribution in [3.8, 4) is 11.1 Å². The van der Waals surface area contributed by atoms with Crippen LogP contribution in [0.2, 0.25) is 0 Å². The number of rotatable bonds is 6. The van der Waals surface area contributed by atoms with Gasteiger partial charge in [-0.3, -0.25) is 9.59 Å². The average molecular weight is 444 g/mol. The summed E-state index contributed by atoms with van der Waals surface area (Å²) in [5.74, 6) is -3.63. The van der Waals surface area contributed by atoms with Gasteiger partial charge >= 0.3 is 11.9 Å². The van der Waals surface area contributed by atoms with E-state index in [-0.39, 0.29) is 6.61 Å². The van der Waals surface area contributed by atoms with Gasteiger partial charge in [0.05, 0.1) is 30.7 Å². The number of aliphatic carboxylic acids is 1. The summed E-state index contributed by atoms with van der Waals surface area (Å²) in [4.78, 5) is 38.6. The molecule has 4 atom stereocenters. The largest absolute Gasteiger partial charge is 0.481 e. The molecule has 31 heavy (non-hydrogen) atoms. The molecule has 2 bridgehead atoms. The number of hydrogen-bond acceptors (Lipinski definition) is 6. The van der Waals surface area contributed by atoms with E-state index in [1.807, 2.05) is 38.1 Å². The van der Waals surface area contributed by atoms with Gasteiger partial charge in [0.2, 0.25) is 5.91 Å². The summed E-state index contributed by atoms with van der Waals surface area (Å²) in [7, 11) is 0. The molecule has 1 aromatic heterocycles. The van der Waals surface area contributed by atoms with E-state index >= 15 is 0 Å². The van der Waals surface area contributed by atoms with Crippen LogP contribution in [0, 0.1) is 25.7 Å². The topological polar surface area (TPSA) is 102 Å². The highest BCUT2D eigenvalue weighted by molar-refractivity contribution is 7.17. The highest BCUT2D eigenvalue weighted by Gasteiger charge is 2.55. The lowest BCUT2D eigenvalue weighted by molar-refractivity contribution is -0.147. The Morgan fingerprint density at radius 2 is 1.77 bits per heavy atom. The molecular weight excluding hydrogens is 418 g/mol. The molecule has 0 unspecified atom stereocenters. The van der Waals surface area contributed by atoms with Crippen molar-refractivity contribution in [2.45, 2.75) is 45.8 Å². The Balaban J connectivity index is 1.70. The van der Waals surface area contributed by atoms with Gasteiger partial charge in [-0.2, -0.15) is 0 Å². The van der Waals surface area contributed by atoms with Gasteiger partial charge in [0.1, 0.15) is 10.6 Å². The van der Waals surface area contributed by atoms with E-state index in [2.05, 4.69) is 5.32 Å². The molecule has 2 N–H and O–H groups in total. The van der Waals surface area contributed by atoms with E-state index in [0.717, 1.165) is 21.6 Å². The Kier molecular flexibility index (Phi) is 5.85. The first kappa shape index (κ1) is 21.5. The molecule has 0 saturated carbocycles. The number of hydrogen-bond donors (Lipinski definition) is 2. The van der Waals surface area contributed by atoms with E-state index in [9.17, 15) is 19.5 Å². The van der Waals surface area contributed by atoms with Gasteiger partial charge in [0.25, 0.3) is 0 Å². The summed E-state index contributed by atoms with van der Waals surface area (Å²) >= 11 is 1.29. The minimum absolute atomic E-state index is 0.204. The van der Waals surface area contributed by atoms with Crippen LogP contribution in [0.5, 0.6) is 0 Å².